The van der Waals surface area contributed by atoms with Crippen LogP contribution >= 0.6 is 0 Å². The maximum atomic E-state index is 7.03. The molecule has 2 aliphatic rings. The van der Waals surface area contributed by atoms with Gasteiger partial charge in [0.1, 0.15) is 11.2 Å². The molecule has 0 atom stereocenters. The Morgan fingerprint density at radius 3 is 1.36 bits per heavy atom. The van der Waals surface area contributed by atoms with E-state index in [-0.39, 0.29) is 0 Å². The van der Waals surface area contributed by atoms with Gasteiger partial charge in [0.05, 0.1) is 11.1 Å². The zero-order chi connectivity index (χ0) is 49.2. The molecule has 14 aromatic rings. The first-order valence-electron chi connectivity index (χ1n) is 26.0. The number of benzene rings is 13. The highest BCUT2D eigenvalue weighted by Gasteiger charge is 2.52. The van der Waals surface area contributed by atoms with Crippen molar-refractivity contribution in [2.24, 2.45) is 0 Å². The van der Waals surface area contributed by atoms with E-state index < -0.39 is 5.41 Å². The first-order chi connectivity index (χ1) is 37.2. The Balaban J connectivity index is 1.07. The SMILES string of the molecule is c1ccc(-c2ccc(N(c3ccc4c5ccccc5c5ccccc5c4c3)c3cc4c(cc3-c3cccc5c3oc3ccccc35)-c3ccccc3C43c4ccccc4-c4ccccc43)cc2-c2ccccc2)cc1. The van der Waals surface area contributed by atoms with Gasteiger partial charge in [-0.15, -0.1) is 0 Å². The van der Waals surface area contributed by atoms with E-state index in [4.69, 9.17) is 4.42 Å². The van der Waals surface area contributed by atoms with Crippen LogP contribution in [0.5, 0.6) is 0 Å². The van der Waals surface area contributed by atoms with Crippen LogP contribution in [-0.4, -0.2) is 0 Å². The molecule has 1 heterocycles. The topological polar surface area (TPSA) is 16.4 Å². The molecule has 2 nitrogen and oxygen atoms in total. The highest BCUT2D eigenvalue weighted by atomic mass is 16.3. The van der Waals surface area contributed by atoms with Gasteiger partial charge in [-0.25, -0.2) is 0 Å². The van der Waals surface area contributed by atoms with Crippen molar-refractivity contribution in [3.63, 3.8) is 0 Å². The van der Waals surface area contributed by atoms with Crippen LogP contribution < -0.4 is 4.90 Å². The van der Waals surface area contributed by atoms with E-state index in [1.807, 2.05) is 0 Å². The summed E-state index contributed by atoms with van der Waals surface area (Å²) in [5.74, 6) is 0. The molecule has 2 heteroatoms. The van der Waals surface area contributed by atoms with Gasteiger partial charge in [-0.1, -0.05) is 231 Å². The minimum atomic E-state index is -0.575. The van der Waals surface area contributed by atoms with Gasteiger partial charge in [-0.05, 0) is 142 Å². The van der Waals surface area contributed by atoms with Crippen molar-refractivity contribution >= 4 is 71.3 Å². The summed E-state index contributed by atoms with van der Waals surface area (Å²) in [4.78, 5) is 2.55. The van der Waals surface area contributed by atoms with E-state index in [2.05, 4.69) is 278 Å². The van der Waals surface area contributed by atoms with Crippen LogP contribution in [0.4, 0.5) is 17.1 Å². The van der Waals surface area contributed by atoms with E-state index in [9.17, 15) is 0 Å². The van der Waals surface area contributed by atoms with E-state index in [1.54, 1.807) is 0 Å². The molecule has 0 radical (unpaired) electrons. The molecule has 16 rings (SSSR count). The number of rotatable bonds is 6. The van der Waals surface area contributed by atoms with Gasteiger partial charge >= 0.3 is 0 Å². The number of fused-ring (bicyclic) bond motifs is 19. The summed E-state index contributed by atoms with van der Waals surface area (Å²) < 4.78 is 7.03. The second-order valence-corrected chi connectivity index (χ2v) is 20.2. The van der Waals surface area contributed by atoms with Gasteiger partial charge < -0.3 is 9.32 Å². The Morgan fingerprint density at radius 1 is 0.253 bits per heavy atom. The predicted octanol–water partition coefficient (Wildman–Crippen LogP) is 19.9. The lowest BCUT2D eigenvalue weighted by Crippen LogP contribution is -2.26. The second kappa shape index (κ2) is 16.1. The number of anilines is 3. The summed E-state index contributed by atoms with van der Waals surface area (Å²) in [5, 5.41) is 9.62. The molecule has 348 valence electrons. The Morgan fingerprint density at radius 2 is 0.720 bits per heavy atom. The molecule has 0 saturated heterocycles. The van der Waals surface area contributed by atoms with Crippen molar-refractivity contribution < 1.29 is 4.42 Å². The quantitative estimate of drug-likeness (QED) is 0.154. The van der Waals surface area contributed by atoms with Crippen LogP contribution in [0, 0.1) is 0 Å². The smallest absolute Gasteiger partial charge is 0.143 e. The summed E-state index contributed by atoms with van der Waals surface area (Å²) in [6.07, 6.45) is 0. The van der Waals surface area contributed by atoms with Crippen molar-refractivity contribution in [3.8, 4) is 55.6 Å². The third-order valence-corrected chi connectivity index (χ3v) is 16.5. The fraction of sp³-hybridized carbons (Fsp3) is 0.0137. The third-order valence-electron chi connectivity index (χ3n) is 16.5. The molecule has 0 N–H and O–H groups in total. The van der Waals surface area contributed by atoms with Gasteiger partial charge in [0.2, 0.25) is 0 Å². The van der Waals surface area contributed by atoms with Gasteiger partial charge in [0, 0.05) is 33.3 Å². The number of para-hydroxylation sites is 2. The first-order valence-corrected chi connectivity index (χ1v) is 26.0. The Hall–Kier alpha value is -9.76. The zero-order valence-corrected chi connectivity index (χ0v) is 40.8. The summed E-state index contributed by atoms with van der Waals surface area (Å²) >= 11 is 0. The molecule has 0 bridgehead atoms. The predicted molar refractivity (Wildman–Crippen MR) is 314 cm³/mol. The van der Waals surface area contributed by atoms with E-state index in [0.717, 1.165) is 61.3 Å². The van der Waals surface area contributed by atoms with Gasteiger partial charge in [-0.2, -0.15) is 0 Å². The second-order valence-electron chi connectivity index (χ2n) is 20.2. The lowest BCUT2D eigenvalue weighted by Gasteiger charge is -2.33. The molecule has 0 unspecified atom stereocenters. The number of hydrogen-bond donors (Lipinski definition) is 0. The largest absolute Gasteiger partial charge is 0.455 e. The summed E-state index contributed by atoms with van der Waals surface area (Å²) in [6.45, 7) is 0. The minimum Gasteiger partial charge on any atom is -0.455 e. The van der Waals surface area contributed by atoms with Crippen molar-refractivity contribution in [1.29, 1.82) is 0 Å². The van der Waals surface area contributed by atoms with Crippen molar-refractivity contribution in [2.45, 2.75) is 5.41 Å². The standard InChI is InChI=1S/C73H45NO/c1-3-20-46(21-4-1)50-40-38-48(42-62(50)47-22-5-2-6-23-47)74(49-39-41-55-53-26-8-7-24-51(53)52-25-9-10-27-54(52)63(55)43-49)70-45-69-64(44-65(70)61-33-19-32-60-59-31-14-18-37-71(59)75-72(60)61)58-30-13-17-36-68(58)73(69)66-34-15-11-28-56(66)57-29-12-16-35-67(57)73/h1-45H. The molecule has 1 spiro atoms. The van der Waals surface area contributed by atoms with Gasteiger partial charge in [0.15, 0.2) is 0 Å². The van der Waals surface area contributed by atoms with Gasteiger partial charge in [-0.3, -0.25) is 0 Å². The Bertz CT molecular complexity index is 4580. The first kappa shape index (κ1) is 41.8. The van der Waals surface area contributed by atoms with Crippen molar-refractivity contribution in [2.75, 3.05) is 4.90 Å². The van der Waals surface area contributed by atoms with E-state index in [0.29, 0.717) is 0 Å². The monoisotopic (exact) mass is 951 g/mol. The average Bonchev–Trinajstić information content (AvgIpc) is 4.15. The highest BCUT2D eigenvalue weighted by Crippen LogP contribution is 2.64. The number of nitrogens with zero attached hydrogens (tertiary/aromatic N) is 1. The highest BCUT2D eigenvalue weighted by molar-refractivity contribution is 6.26. The fourth-order valence-electron chi connectivity index (χ4n) is 13.3. The average molecular weight is 952 g/mol. The normalized spacial score (nSPS) is 12.9. The molecule has 13 aromatic carbocycles. The van der Waals surface area contributed by atoms with Crippen LogP contribution in [0.15, 0.2) is 277 Å². The maximum Gasteiger partial charge on any atom is 0.143 e. The van der Waals surface area contributed by atoms with E-state index >= 15 is 0 Å². The van der Waals surface area contributed by atoms with Crippen LogP contribution in [-0.2, 0) is 5.41 Å². The Labute approximate surface area is 434 Å². The molecule has 2 aliphatic carbocycles. The summed E-state index contributed by atoms with van der Waals surface area (Å²) in [5.41, 5.74) is 21.4. The van der Waals surface area contributed by atoms with Crippen molar-refractivity contribution in [1.82, 2.24) is 0 Å². The molecule has 75 heavy (non-hydrogen) atoms. The Kier molecular flexibility index (Phi) is 8.99. The van der Waals surface area contributed by atoms with Crippen molar-refractivity contribution in [3.05, 3.63) is 295 Å². The van der Waals surface area contributed by atoms with Crippen LogP contribution in [0.25, 0.3) is 110 Å². The third kappa shape index (κ3) is 5.97. The molecular formula is C73H45NO. The van der Waals surface area contributed by atoms with Crippen LogP contribution in [0.2, 0.25) is 0 Å². The molecular weight excluding hydrogens is 907 g/mol. The molecule has 0 amide bonds. The fourth-order valence-corrected chi connectivity index (χ4v) is 13.3. The lowest BCUT2D eigenvalue weighted by atomic mass is 9.70. The van der Waals surface area contributed by atoms with Gasteiger partial charge in [0.25, 0.3) is 0 Å². The minimum absolute atomic E-state index is 0.575. The van der Waals surface area contributed by atoms with Crippen LogP contribution in [0.3, 0.4) is 0 Å². The summed E-state index contributed by atoms with van der Waals surface area (Å²) in [7, 11) is 0. The molecule has 0 saturated carbocycles. The molecule has 0 fully saturated rings. The van der Waals surface area contributed by atoms with E-state index in [1.165, 1.54) is 88.0 Å². The lowest BCUT2D eigenvalue weighted by molar-refractivity contribution is 0.670. The maximum absolute atomic E-state index is 7.03. The molecule has 1 aromatic heterocycles. The molecule has 0 aliphatic heterocycles. The zero-order valence-electron chi connectivity index (χ0n) is 40.8. The number of hydrogen-bond acceptors (Lipinski definition) is 2. The van der Waals surface area contributed by atoms with Crippen LogP contribution in [0.1, 0.15) is 22.3 Å². The number of furan rings is 1. The summed E-state index contributed by atoms with van der Waals surface area (Å²) in [6, 6.07) is 101.